The van der Waals surface area contributed by atoms with Crippen molar-refractivity contribution in [2.45, 2.75) is 6.54 Å². The highest BCUT2D eigenvalue weighted by Crippen LogP contribution is 2.09. The fraction of sp³-hybridized carbons (Fsp3) is 0.231. The van der Waals surface area contributed by atoms with Gasteiger partial charge in [0.05, 0.1) is 5.56 Å². The monoisotopic (exact) mass is 263 g/mol. The number of aromatic nitrogens is 2. The van der Waals surface area contributed by atoms with Crippen molar-refractivity contribution in [3.63, 3.8) is 0 Å². The molecule has 0 unspecified atom stereocenters. The standard InChI is InChI=1S/C13H14FN3O2/c1-16-8-9(12(18)17(2)13(16)19)7-15-11-5-3-4-10(14)6-11/h3-6,8,15H,7H2,1-2H3. The van der Waals surface area contributed by atoms with E-state index in [-0.39, 0.29) is 23.6 Å². The molecule has 2 rings (SSSR count). The molecular formula is C13H14FN3O2. The summed E-state index contributed by atoms with van der Waals surface area (Å²) in [6, 6.07) is 5.97. The van der Waals surface area contributed by atoms with Crippen LogP contribution in [0.5, 0.6) is 0 Å². The quantitative estimate of drug-likeness (QED) is 0.892. The Kier molecular flexibility index (Phi) is 3.50. The first kappa shape index (κ1) is 13.1. The molecule has 100 valence electrons. The fourth-order valence-electron chi connectivity index (χ4n) is 1.80. The van der Waals surface area contributed by atoms with Crippen LogP contribution in [0.4, 0.5) is 10.1 Å². The van der Waals surface area contributed by atoms with Gasteiger partial charge in [-0.2, -0.15) is 0 Å². The van der Waals surface area contributed by atoms with Gasteiger partial charge in [0.2, 0.25) is 0 Å². The fourth-order valence-corrected chi connectivity index (χ4v) is 1.80. The van der Waals surface area contributed by atoms with Gasteiger partial charge >= 0.3 is 5.69 Å². The zero-order valence-electron chi connectivity index (χ0n) is 10.7. The number of hydrogen-bond donors (Lipinski definition) is 1. The van der Waals surface area contributed by atoms with Gasteiger partial charge in [0.25, 0.3) is 5.56 Å². The van der Waals surface area contributed by atoms with Crippen molar-refractivity contribution in [1.29, 1.82) is 0 Å². The van der Waals surface area contributed by atoms with E-state index >= 15 is 0 Å². The summed E-state index contributed by atoms with van der Waals surface area (Å²) in [5, 5.41) is 2.95. The molecular weight excluding hydrogens is 249 g/mol. The average Bonchev–Trinajstić information content (AvgIpc) is 2.39. The van der Waals surface area contributed by atoms with Gasteiger partial charge < -0.3 is 9.88 Å². The number of aryl methyl sites for hydroxylation is 1. The van der Waals surface area contributed by atoms with Crippen LogP contribution in [0.3, 0.4) is 0 Å². The summed E-state index contributed by atoms with van der Waals surface area (Å²) in [5.74, 6) is -0.349. The third kappa shape index (κ3) is 2.73. The van der Waals surface area contributed by atoms with Gasteiger partial charge in [0.15, 0.2) is 0 Å². The molecule has 5 nitrogen and oxygen atoms in total. The van der Waals surface area contributed by atoms with Gasteiger partial charge in [-0.05, 0) is 18.2 Å². The van der Waals surface area contributed by atoms with Crippen molar-refractivity contribution in [3.05, 3.63) is 62.7 Å². The van der Waals surface area contributed by atoms with Crippen LogP contribution < -0.4 is 16.6 Å². The van der Waals surface area contributed by atoms with Crippen LogP contribution in [0.15, 0.2) is 40.1 Å². The normalized spacial score (nSPS) is 10.5. The van der Waals surface area contributed by atoms with E-state index in [1.165, 1.54) is 29.9 Å². The number of anilines is 1. The maximum atomic E-state index is 13.0. The van der Waals surface area contributed by atoms with Crippen molar-refractivity contribution >= 4 is 5.69 Å². The predicted molar refractivity (Wildman–Crippen MR) is 70.7 cm³/mol. The van der Waals surface area contributed by atoms with Gasteiger partial charge in [0.1, 0.15) is 5.82 Å². The topological polar surface area (TPSA) is 56.0 Å². The number of rotatable bonds is 3. The number of hydrogen-bond acceptors (Lipinski definition) is 3. The Morgan fingerprint density at radius 1 is 1.26 bits per heavy atom. The minimum Gasteiger partial charge on any atom is -0.381 e. The maximum absolute atomic E-state index is 13.0. The lowest BCUT2D eigenvalue weighted by Crippen LogP contribution is -2.38. The first-order chi connectivity index (χ1) is 8.99. The van der Waals surface area contributed by atoms with Crippen molar-refractivity contribution < 1.29 is 4.39 Å². The van der Waals surface area contributed by atoms with Gasteiger partial charge in [0, 0.05) is 32.5 Å². The van der Waals surface area contributed by atoms with E-state index in [9.17, 15) is 14.0 Å². The summed E-state index contributed by atoms with van der Waals surface area (Å²) in [4.78, 5) is 23.4. The lowest BCUT2D eigenvalue weighted by Gasteiger charge is -2.09. The zero-order valence-corrected chi connectivity index (χ0v) is 10.7. The van der Waals surface area contributed by atoms with E-state index in [4.69, 9.17) is 0 Å². The highest BCUT2D eigenvalue weighted by molar-refractivity contribution is 5.43. The summed E-state index contributed by atoms with van der Waals surface area (Å²) in [6.45, 7) is 0.226. The van der Waals surface area contributed by atoms with E-state index in [1.54, 1.807) is 19.2 Å². The predicted octanol–water partition coefficient (Wildman–Crippen LogP) is 0.835. The first-order valence-electron chi connectivity index (χ1n) is 5.74. The molecule has 0 spiro atoms. The third-order valence-corrected chi connectivity index (χ3v) is 2.83. The van der Waals surface area contributed by atoms with Crippen LogP contribution >= 0.6 is 0 Å². The van der Waals surface area contributed by atoms with Crippen molar-refractivity contribution in [1.82, 2.24) is 9.13 Å². The number of nitrogens with zero attached hydrogens (tertiary/aromatic N) is 2. The summed E-state index contributed by atoms with van der Waals surface area (Å²) < 4.78 is 15.4. The van der Waals surface area contributed by atoms with E-state index in [2.05, 4.69) is 5.32 Å². The Bertz CT molecular complexity index is 719. The third-order valence-electron chi connectivity index (χ3n) is 2.83. The van der Waals surface area contributed by atoms with Gasteiger partial charge in [-0.3, -0.25) is 9.36 Å². The summed E-state index contributed by atoms with van der Waals surface area (Å²) >= 11 is 0. The molecule has 1 aromatic heterocycles. The molecule has 0 atom stereocenters. The van der Waals surface area contributed by atoms with Crippen LogP contribution in [0.2, 0.25) is 0 Å². The van der Waals surface area contributed by atoms with Gasteiger partial charge in [-0.25, -0.2) is 9.18 Å². The Balaban J connectivity index is 2.26. The Labute approximate surface area is 108 Å². The van der Waals surface area contributed by atoms with Crippen LogP contribution in [0.25, 0.3) is 0 Å². The zero-order chi connectivity index (χ0) is 14.0. The highest BCUT2D eigenvalue weighted by atomic mass is 19.1. The second kappa shape index (κ2) is 5.09. The Morgan fingerprint density at radius 2 is 2.00 bits per heavy atom. The summed E-state index contributed by atoms with van der Waals surface area (Å²) in [6.07, 6.45) is 1.48. The van der Waals surface area contributed by atoms with E-state index in [0.717, 1.165) is 4.57 Å². The molecule has 0 aliphatic carbocycles. The second-order valence-corrected chi connectivity index (χ2v) is 4.28. The molecule has 2 aromatic rings. The number of halogens is 1. The van der Waals surface area contributed by atoms with Gasteiger partial charge in [-0.1, -0.05) is 6.07 Å². The minimum atomic E-state index is -0.375. The molecule has 0 fully saturated rings. The van der Waals surface area contributed by atoms with Crippen LogP contribution in [0, 0.1) is 5.82 Å². The molecule has 0 radical (unpaired) electrons. The maximum Gasteiger partial charge on any atom is 0.330 e. The molecule has 0 aliphatic rings. The number of nitrogens with one attached hydrogen (secondary N) is 1. The average molecular weight is 263 g/mol. The van der Waals surface area contributed by atoms with Crippen molar-refractivity contribution in [3.8, 4) is 0 Å². The molecule has 6 heteroatoms. The Morgan fingerprint density at radius 3 is 2.68 bits per heavy atom. The minimum absolute atomic E-state index is 0.226. The SMILES string of the molecule is Cn1cc(CNc2cccc(F)c2)c(=O)n(C)c1=O. The molecule has 1 aromatic carbocycles. The molecule has 0 amide bonds. The summed E-state index contributed by atoms with van der Waals surface area (Å²) in [7, 11) is 3.00. The lowest BCUT2D eigenvalue weighted by molar-refractivity contribution is 0.628. The van der Waals surface area contributed by atoms with E-state index < -0.39 is 0 Å². The van der Waals surface area contributed by atoms with E-state index in [0.29, 0.717) is 11.3 Å². The molecule has 0 aliphatic heterocycles. The van der Waals surface area contributed by atoms with E-state index in [1.807, 2.05) is 0 Å². The lowest BCUT2D eigenvalue weighted by atomic mass is 10.2. The van der Waals surface area contributed by atoms with Crippen LogP contribution in [-0.2, 0) is 20.6 Å². The molecule has 0 saturated heterocycles. The van der Waals surface area contributed by atoms with Crippen LogP contribution in [-0.4, -0.2) is 9.13 Å². The highest BCUT2D eigenvalue weighted by Gasteiger charge is 2.06. The molecule has 1 N–H and O–H groups in total. The van der Waals surface area contributed by atoms with Crippen molar-refractivity contribution in [2.75, 3.05) is 5.32 Å². The smallest absolute Gasteiger partial charge is 0.330 e. The molecule has 1 heterocycles. The molecule has 0 bridgehead atoms. The molecule has 19 heavy (non-hydrogen) atoms. The van der Waals surface area contributed by atoms with Crippen molar-refractivity contribution in [2.24, 2.45) is 14.1 Å². The van der Waals surface area contributed by atoms with Gasteiger partial charge in [-0.15, -0.1) is 0 Å². The Hall–Kier alpha value is -2.37. The first-order valence-corrected chi connectivity index (χ1v) is 5.74. The summed E-state index contributed by atoms with van der Waals surface area (Å²) in [5.41, 5.74) is 0.288. The molecule has 0 saturated carbocycles. The number of benzene rings is 1. The second-order valence-electron chi connectivity index (χ2n) is 4.28. The largest absolute Gasteiger partial charge is 0.381 e. The van der Waals surface area contributed by atoms with Crippen LogP contribution in [0.1, 0.15) is 5.56 Å².